The van der Waals surface area contributed by atoms with Gasteiger partial charge in [0.25, 0.3) is 0 Å². The van der Waals surface area contributed by atoms with E-state index in [9.17, 15) is 0 Å². The van der Waals surface area contributed by atoms with E-state index in [0.29, 0.717) is 0 Å². The van der Waals surface area contributed by atoms with Crippen LogP contribution in [0.5, 0.6) is 0 Å². The number of rotatable bonds is 3. The third-order valence-electron chi connectivity index (χ3n) is 5.49. The van der Waals surface area contributed by atoms with Crippen LogP contribution in [0.4, 0.5) is 0 Å². The van der Waals surface area contributed by atoms with Crippen LogP contribution >= 0.6 is 0 Å². The van der Waals surface area contributed by atoms with Crippen molar-refractivity contribution in [2.24, 2.45) is 5.73 Å². The molecule has 3 heteroatoms. The van der Waals surface area contributed by atoms with Crippen molar-refractivity contribution in [2.45, 2.75) is 75.0 Å². The predicted octanol–water partition coefficient (Wildman–Crippen LogP) is 1.47. The SMILES string of the molecule is CN1C2CCC1CC(CN)(NC1CCCC1)C2. The van der Waals surface area contributed by atoms with Crippen molar-refractivity contribution in [1.29, 1.82) is 0 Å². The molecule has 2 saturated heterocycles. The molecule has 2 unspecified atom stereocenters. The zero-order valence-corrected chi connectivity index (χ0v) is 11.1. The van der Waals surface area contributed by atoms with Gasteiger partial charge < -0.3 is 16.0 Å². The fourth-order valence-electron chi connectivity index (χ4n) is 4.41. The first-order chi connectivity index (χ1) is 8.22. The fourth-order valence-corrected chi connectivity index (χ4v) is 4.41. The lowest BCUT2D eigenvalue weighted by Crippen LogP contribution is -2.62. The molecule has 3 rings (SSSR count). The van der Waals surface area contributed by atoms with Gasteiger partial charge in [0.15, 0.2) is 0 Å². The van der Waals surface area contributed by atoms with Crippen LogP contribution in [0, 0.1) is 0 Å². The van der Waals surface area contributed by atoms with Crippen LogP contribution in [0.3, 0.4) is 0 Å². The van der Waals surface area contributed by atoms with Crippen molar-refractivity contribution in [2.75, 3.05) is 13.6 Å². The smallest absolute Gasteiger partial charge is 0.0336 e. The van der Waals surface area contributed by atoms with E-state index < -0.39 is 0 Å². The molecular weight excluding hydrogens is 210 g/mol. The van der Waals surface area contributed by atoms with E-state index >= 15 is 0 Å². The molecule has 3 aliphatic rings. The molecule has 2 heterocycles. The highest BCUT2D eigenvalue weighted by atomic mass is 15.2. The monoisotopic (exact) mass is 237 g/mol. The molecule has 0 amide bonds. The van der Waals surface area contributed by atoms with E-state index in [1.54, 1.807) is 0 Å². The lowest BCUT2D eigenvalue weighted by atomic mass is 9.82. The Balaban J connectivity index is 1.70. The molecule has 3 fully saturated rings. The molecule has 0 aromatic carbocycles. The van der Waals surface area contributed by atoms with Crippen molar-refractivity contribution < 1.29 is 0 Å². The Morgan fingerprint density at radius 2 is 1.71 bits per heavy atom. The first kappa shape index (κ1) is 11.9. The quantitative estimate of drug-likeness (QED) is 0.781. The van der Waals surface area contributed by atoms with Crippen LogP contribution in [0.25, 0.3) is 0 Å². The highest BCUT2D eigenvalue weighted by Crippen LogP contribution is 2.40. The van der Waals surface area contributed by atoms with Gasteiger partial charge in [-0.3, -0.25) is 0 Å². The standard InChI is InChI=1S/C14H27N3/c1-17-12-6-7-13(17)9-14(8-12,10-15)16-11-4-2-3-5-11/h11-13,16H,2-10,15H2,1H3. The van der Waals surface area contributed by atoms with E-state index in [1.165, 1.54) is 51.4 Å². The molecule has 2 bridgehead atoms. The second-order valence-corrected chi connectivity index (χ2v) is 6.57. The van der Waals surface area contributed by atoms with Crippen LogP contribution in [0.1, 0.15) is 51.4 Å². The zero-order valence-electron chi connectivity index (χ0n) is 11.1. The molecule has 0 radical (unpaired) electrons. The minimum absolute atomic E-state index is 0.257. The molecule has 2 aliphatic heterocycles. The third kappa shape index (κ3) is 2.13. The van der Waals surface area contributed by atoms with Crippen LogP contribution in [-0.2, 0) is 0 Å². The zero-order chi connectivity index (χ0) is 11.9. The number of hydrogen-bond acceptors (Lipinski definition) is 3. The molecule has 2 atom stereocenters. The van der Waals surface area contributed by atoms with Gasteiger partial charge in [0.2, 0.25) is 0 Å². The van der Waals surface area contributed by atoms with E-state index in [2.05, 4.69) is 17.3 Å². The molecule has 1 saturated carbocycles. The maximum absolute atomic E-state index is 6.13. The second-order valence-electron chi connectivity index (χ2n) is 6.57. The van der Waals surface area contributed by atoms with E-state index in [0.717, 1.165) is 24.7 Å². The van der Waals surface area contributed by atoms with Crippen LogP contribution in [0.15, 0.2) is 0 Å². The van der Waals surface area contributed by atoms with Gasteiger partial charge in [-0.05, 0) is 45.6 Å². The summed E-state index contributed by atoms with van der Waals surface area (Å²) in [6.07, 6.45) is 10.9. The molecule has 98 valence electrons. The molecule has 1 aliphatic carbocycles. The molecule has 3 N–H and O–H groups in total. The first-order valence-electron chi connectivity index (χ1n) is 7.42. The van der Waals surface area contributed by atoms with Crippen molar-refractivity contribution >= 4 is 0 Å². The summed E-state index contributed by atoms with van der Waals surface area (Å²) in [6.45, 7) is 0.824. The van der Waals surface area contributed by atoms with Crippen molar-refractivity contribution in [3.05, 3.63) is 0 Å². The Morgan fingerprint density at radius 1 is 1.12 bits per heavy atom. The van der Waals surface area contributed by atoms with Crippen molar-refractivity contribution in [3.8, 4) is 0 Å². The van der Waals surface area contributed by atoms with Gasteiger partial charge in [-0.1, -0.05) is 12.8 Å². The van der Waals surface area contributed by atoms with Gasteiger partial charge in [-0.15, -0.1) is 0 Å². The predicted molar refractivity (Wildman–Crippen MR) is 71.0 cm³/mol. The average molecular weight is 237 g/mol. The number of hydrogen-bond donors (Lipinski definition) is 2. The lowest BCUT2D eigenvalue weighted by molar-refractivity contribution is 0.0867. The molecule has 3 nitrogen and oxygen atoms in total. The van der Waals surface area contributed by atoms with E-state index in [4.69, 9.17) is 5.73 Å². The fraction of sp³-hybridized carbons (Fsp3) is 1.00. The molecule has 0 spiro atoms. The van der Waals surface area contributed by atoms with Gasteiger partial charge >= 0.3 is 0 Å². The number of nitrogens with zero attached hydrogens (tertiary/aromatic N) is 1. The molecule has 17 heavy (non-hydrogen) atoms. The van der Waals surface area contributed by atoms with Gasteiger partial charge in [0.1, 0.15) is 0 Å². The largest absolute Gasteiger partial charge is 0.329 e. The average Bonchev–Trinajstić information content (AvgIpc) is 2.88. The molecule has 0 aromatic heterocycles. The van der Waals surface area contributed by atoms with Crippen LogP contribution < -0.4 is 11.1 Å². The summed E-state index contributed by atoms with van der Waals surface area (Å²) in [5, 5.41) is 3.95. The van der Waals surface area contributed by atoms with Crippen molar-refractivity contribution in [1.82, 2.24) is 10.2 Å². The summed E-state index contributed by atoms with van der Waals surface area (Å²) in [6, 6.07) is 2.32. The molecule has 0 aromatic rings. The second kappa shape index (κ2) is 4.52. The summed E-state index contributed by atoms with van der Waals surface area (Å²) in [5.41, 5.74) is 6.39. The Kier molecular flexibility index (Phi) is 3.18. The number of fused-ring (bicyclic) bond motifs is 2. The highest BCUT2D eigenvalue weighted by Gasteiger charge is 2.46. The number of piperidine rings is 1. The van der Waals surface area contributed by atoms with Gasteiger partial charge in [0, 0.05) is 30.2 Å². The summed E-state index contributed by atoms with van der Waals surface area (Å²) in [7, 11) is 2.30. The molecular formula is C14H27N3. The minimum Gasteiger partial charge on any atom is -0.329 e. The Morgan fingerprint density at radius 3 is 2.24 bits per heavy atom. The topological polar surface area (TPSA) is 41.3 Å². The normalized spacial score (nSPS) is 43.4. The maximum Gasteiger partial charge on any atom is 0.0336 e. The van der Waals surface area contributed by atoms with Crippen LogP contribution in [-0.4, -0.2) is 42.2 Å². The summed E-state index contributed by atoms with van der Waals surface area (Å²) in [5.74, 6) is 0. The number of nitrogens with two attached hydrogens (primary N) is 1. The third-order valence-corrected chi connectivity index (χ3v) is 5.49. The summed E-state index contributed by atoms with van der Waals surface area (Å²) >= 11 is 0. The minimum atomic E-state index is 0.257. The lowest BCUT2D eigenvalue weighted by Gasteiger charge is -2.46. The maximum atomic E-state index is 6.13. The van der Waals surface area contributed by atoms with Crippen molar-refractivity contribution in [3.63, 3.8) is 0 Å². The highest BCUT2D eigenvalue weighted by molar-refractivity contribution is 5.06. The van der Waals surface area contributed by atoms with E-state index in [1.807, 2.05) is 0 Å². The van der Waals surface area contributed by atoms with Gasteiger partial charge in [-0.2, -0.15) is 0 Å². The Bertz CT molecular complexity index is 259. The summed E-state index contributed by atoms with van der Waals surface area (Å²) in [4.78, 5) is 2.60. The first-order valence-corrected chi connectivity index (χ1v) is 7.42. The van der Waals surface area contributed by atoms with Crippen LogP contribution in [0.2, 0.25) is 0 Å². The Labute approximate surface area is 105 Å². The summed E-state index contributed by atoms with van der Waals surface area (Å²) < 4.78 is 0. The Hall–Kier alpha value is -0.120. The van der Waals surface area contributed by atoms with E-state index in [-0.39, 0.29) is 5.54 Å². The van der Waals surface area contributed by atoms with Gasteiger partial charge in [-0.25, -0.2) is 0 Å². The number of nitrogens with one attached hydrogen (secondary N) is 1. The van der Waals surface area contributed by atoms with Gasteiger partial charge in [0.05, 0.1) is 0 Å².